The Bertz CT molecular complexity index is 1310. The Morgan fingerprint density at radius 1 is 1.12 bits per heavy atom. The number of allylic oxidation sites excluding steroid dienone is 2. The maximum Gasteiger partial charge on any atom is 0.189 e. The molecule has 0 radical (unpaired) electrons. The quantitative estimate of drug-likeness (QED) is 0.251. The highest BCUT2D eigenvalue weighted by Gasteiger charge is 2.19. The van der Waals surface area contributed by atoms with Crippen LogP contribution in [0.4, 0.5) is 4.39 Å². The number of hydrogen-bond donors (Lipinski definition) is 0. The average molecular weight is 456 g/mol. The second-order valence-electron chi connectivity index (χ2n) is 8.29. The third kappa shape index (κ3) is 5.31. The number of aryl methyl sites for hydroxylation is 1. The molecule has 0 fully saturated rings. The van der Waals surface area contributed by atoms with E-state index < -0.39 is 0 Å². The third-order valence-corrected chi connectivity index (χ3v) is 5.52. The van der Waals surface area contributed by atoms with Crippen molar-refractivity contribution in [1.82, 2.24) is 24.7 Å². The summed E-state index contributed by atoms with van der Waals surface area (Å²) in [5, 5.41) is 4.41. The van der Waals surface area contributed by atoms with Gasteiger partial charge in [-0.3, -0.25) is 14.5 Å². The first-order valence-corrected chi connectivity index (χ1v) is 11.2. The molecule has 3 aromatic heterocycles. The number of aromatic nitrogens is 5. The van der Waals surface area contributed by atoms with Gasteiger partial charge in [0.25, 0.3) is 0 Å². The van der Waals surface area contributed by atoms with E-state index in [0.29, 0.717) is 30.0 Å². The van der Waals surface area contributed by atoms with Gasteiger partial charge in [-0.15, -0.1) is 0 Å². The van der Waals surface area contributed by atoms with Gasteiger partial charge < -0.3 is 0 Å². The minimum atomic E-state index is -0.373. The molecule has 0 amide bonds. The largest absolute Gasteiger partial charge is 0.289 e. The van der Waals surface area contributed by atoms with Gasteiger partial charge in [-0.05, 0) is 49.1 Å². The predicted molar refractivity (Wildman–Crippen MR) is 129 cm³/mol. The van der Waals surface area contributed by atoms with E-state index in [-0.39, 0.29) is 17.5 Å². The molecular formula is C27H26FN5O. The van der Waals surface area contributed by atoms with Crippen molar-refractivity contribution in [2.75, 3.05) is 0 Å². The van der Waals surface area contributed by atoms with E-state index in [1.165, 1.54) is 12.3 Å². The number of hydrogen-bond acceptors (Lipinski definition) is 5. The maximum absolute atomic E-state index is 13.5. The molecule has 0 saturated carbocycles. The van der Waals surface area contributed by atoms with Crippen molar-refractivity contribution in [2.24, 2.45) is 5.92 Å². The van der Waals surface area contributed by atoms with Gasteiger partial charge >= 0.3 is 0 Å². The van der Waals surface area contributed by atoms with Crippen LogP contribution >= 0.6 is 0 Å². The van der Waals surface area contributed by atoms with E-state index >= 15 is 0 Å². The summed E-state index contributed by atoms with van der Waals surface area (Å²) in [5.74, 6) is 0.210. The highest BCUT2D eigenvalue weighted by molar-refractivity contribution is 6.12. The first-order chi connectivity index (χ1) is 16.4. The Labute approximate surface area is 198 Å². The number of benzene rings is 1. The SMILES string of the molecule is CC/C(=C/[C@@H](C)Cn1cc(-c2ccc(F)cn2)cn1)C(=O)c1cc(C)ccc1-c1ncccn1. The number of rotatable bonds is 8. The van der Waals surface area contributed by atoms with Gasteiger partial charge in [-0.1, -0.05) is 37.6 Å². The van der Waals surface area contributed by atoms with Gasteiger partial charge in [0.05, 0.1) is 18.1 Å². The number of halogens is 1. The summed E-state index contributed by atoms with van der Waals surface area (Å²) in [5.41, 5.74) is 4.56. The van der Waals surface area contributed by atoms with Gasteiger partial charge in [0.2, 0.25) is 0 Å². The molecule has 6 nitrogen and oxygen atoms in total. The lowest BCUT2D eigenvalue weighted by atomic mass is 9.93. The Morgan fingerprint density at radius 2 is 1.91 bits per heavy atom. The van der Waals surface area contributed by atoms with Crippen LogP contribution in [-0.4, -0.2) is 30.5 Å². The van der Waals surface area contributed by atoms with Crippen LogP contribution in [0.2, 0.25) is 0 Å². The summed E-state index contributed by atoms with van der Waals surface area (Å²) in [7, 11) is 0. The molecule has 0 aliphatic heterocycles. The van der Waals surface area contributed by atoms with Crippen LogP contribution in [0.15, 0.2) is 79.0 Å². The van der Waals surface area contributed by atoms with E-state index in [0.717, 1.165) is 22.3 Å². The Hall–Kier alpha value is -4.00. The molecule has 1 aromatic carbocycles. The van der Waals surface area contributed by atoms with Crippen molar-refractivity contribution >= 4 is 5.78 Å². The Morgan fingerprint density at radius 3 is 2.62 bits per heavy atom. The fourth-order valence-corrected chi connectivity index (χ4v) is 3.84. The van der Waals surface area contributed by atoms with Crippen LogP contribution in [0.1, 0.15) is 36.2 Å². The van der Waals surface area contributed by atoms with Crippen LogP contribution in [0, 0.1) is 18.7 Å². The topological polar surface area (TPSA) is 73.6 Å². The molecule has 34 heavy (non-hydrogen) atoms. The zero-order valence-electron chi connectivity index (χ0n) is 19.4. The monoisotopic (exact) mass is 455 g/mol. The van der Waals surface area contributed by atoms with Crippen LogP contribution in [0.3, 0.4) is 0 Å². The number of ketones is 1. The molecule has 172 valence electrons. The van der Waals surface area contributed by atoms with Crippen molar-refractivity contribution in [3.63, 3.8) is 0 Å². The zero-order chi connectivity index (χ0) is 24.1. The van der Waals surface area contributed by atoms with Crippen LogP contribution in [0.5, 0.6) is 0 Å². The van der Waals surface area contributed by atoms with Crippen LogP contribution in [-0.2, 0) is 6.54 Å². The first kappa shape index (κ1) is 23.2. The molecule has 0 N–H and O–H groups in total. The van der Waals surface area contributed by atoms with Gasteiger partial charge in [0.15, 0.2) is 11.6 Å². The molecule has 0 spiro atoms. The van der Waals surface area contributed by atoms with Crippen molar-refractivity contribution in [2.45, 2.75) is 33.7 Å². The molecule has 1 atom stereocenters. The number of pyridine rings is 1. The molecule has 4 aromatic rings. The number of carbonyl (C=O) groups excluding carboxylic acids is 1. The molecule has 7 heteroatoms. The van der Waals surface area contributed by atoms with Crippen LogP contribution in [0.25, 0.3) is 22.6 Å². The molecule has 0 saturated heterocycles. The standard InChI is InChI=1S/C27H26FN5O/c1-4-20(26(34)24-13-18(2)6-8-23(24)27-29-10-5-11-30-27)12-19(3)16-33-17-21(14-32-33)25-9-7-22(28)15-31-25/h5-15,17,19H,4,16H2,1-3H3/b20-12-/t19-/m1/s1. The average Bonchev–Trinajstić information content (AvgIpc) is 3.31. The maximum atomic E-state index is 13.5. The summed E-state index contributed by atoms with van der Waals surface area (Å²) < 4.78 is 15.0. The lowest BCUT2D eigenvalue weighted by Gasteiger charge is -2.13. The molecular weight excluding hydrogens is 429 g/mol. The summed E-state index contributed by atoms with van der Waals surface area (Å²) in [6, 6.07) is 10.5. The van der Waals surface area contributed by atoms with Gasteiger partial charge in [0, 0.05) is 41.8 Å². The fourth-order valence-electron chi connectivity index (χ4n) is 3.84. The van der Waals surface area contributed by atoms with E-state index in [1.54, 1.807) is 30.7 Å². The highest BCUT2D eigenvalue weighted by Crippen LogP contribution is 2.26. The van der Waals surface area contributed by atoms with E-state index in [4.69, 9.17) is 0 Å². The van der Waals surface area contributed by atoms with Crippen molar-refractivity contribution in [3.8, 4) is 22.6 Å². The van der Waals surface area contributed by atoms with E-state index in [9.17, 15) is 9.18 Å². The van der Waals surface area contributed by atoms with Gasteiger partial charge in [-0.25, -0.2) is 14.4 Å². The van der Waals surface area contributed by atoms with E-state index in [1.807, 2.05) is 49.0 Å². The fraction of sp³-hybridized carbons (Fsp3) is 0.222. The summed E-state index contributed by atoms with van der Waals surface area (Å²) >= 11 is 0. The zero-order valence-corrected chi connectivity index (χ0v) is 19.4. The minimum Gasteiger partial charge on any atom is -0.289 e. The Balaban J connectivity index is 1.55. The highest BCUT2D eigenvalue weighted by atomic mass is 19.1. The lowest BCUT2D eigenvalue weighted by molar-refractivity contribution is 0.103. The first-order valence-electron chi connectivity index (χ1n) is 11.2. The van der Waals surface area contributed by atoms with Crippen LogP contribution < -0.4 is 0 Å². The van der Waals surface area contributed by atoms with Crippen molar-refractivity contribution in [1.29, 1.82) is 0 Å². The molecule has 0 bridgehead atoms. The smallest absolute Gasteiger partial charge is 0.189 e. The van der Waals surface area contributed by atoms with Crippen molar-refractivity contribution < 1.29 is 9.18 Å². The van der Waals surface area contributed by atoms with Gasteiger partial charge in [0.1, 0.15) is 5.82 Å². The summed E-state index contributed by atoms with van der Waals surface area (Å²) in [6.07, 6.45) is 10.7. The molecule has 0 unspecified atom stereocenters. The summed E-state index contributed by atoms with van der Waals surface area (Å²) in [6.45, 7) is 6.60. The van der Waals surface area contributed by atoms with E-state index in [2.05, 4.69) is 27.0 Å². The lowest BCUT2D eigenvalue weighted by Crippen LogP contribution is -2.11. The second-order valence-corrected chi connectivity index (χ2v) is 8.29. The minimum absolute atomic E-state index is 0.0165. The van der Waals surface area contributed by atoms with Crippen molar-refractivity contribution in [3.05, 3.63) is 96.0 Å². The Kier molecular flexibility index (Phi) is 7.01. The number of nitrogens with zero attached hydrogens (tertiary/aromatic N) is 5. The second kappa shape index (κ2) is 10.3. The molecule has 3 heterocycles. The summed E-state index contributed by atoms with van der Waals surface area (Å²) in [4.78, 5) is 26.3. The molecule has 4 rings (SSSR count). The predicted octanol–water partition coefficient (Wildman–Crippen LogP) is 5.71. The molecule has 0 aliphatic rings. The number of Topliss-reactive ketones (excluding diaryl/α,β-unsaturated/α-hetero) is 1. The number of carbonyl (C=O) groups is 1. The third-order valence-electron chi connectivity index (χ3n) is 5.52. The molecule has 0 aliphatic carbocycles. The normalized spacial score (nSPS) is 12.5. The van der Waals surface area contributed by atoms with Gasteiger partial charge in [-0.2, -0.15) is 5.10 Å².